The summed E-state index contributed by atoms with van der Waals surface area (Å²) >= 11 is 0. The van der Waals surface area contributed by atoms with Crippen molar-refractivity contribution in [3.05, 3.63) is 76.7 Å². The highest BCUT2D eigenvalue weighted by atomic mass is 16.4. The van der Waals surface area contributed by atoms with Crippen molar-refractivity contribution < 1.29 is 9.90 Å². The fraction of sp³-hybridized carbons (Fsp3) is 0.0588. The van der Waals surface area contributed by atoms with E-state index in [1.807, 2.05) is 12.1 Å². The Hall–Kier alpha value is -3.48. The molecule has 1 heterocycles. The van der Waals surface area contributed by atoms with E-state index in [9.17, 15) is 9.59 Å². The van der Waals surface area contributed by atoms with Gasteiger partial charge in [-0.25, -0.2) is 4.68 Å². The molecule has 2 N–H and O–H groups in total. The number of benzene rings is 2. The number of hydrogen-bond donors (Lipinski definition) is 2. The predicted octanol–water partition coefficient (Wildman–Crippen LogP) is 3.21. The molecule has 3 rings (SSSR count). The number of aromatic amines is 1. The Kier molecular flexibility index (Phi) is 4.33. The van der Waals surface area contributed by atoms with Gasteiger partial charge in [0.15, 0.2) is 5.69 Å². The maximum atomic E-state index is 12.6. The highest BCUT2D eigenvalue weighted by molar-refractivity contribution is 5.71. The van der Waals surface area contributed by atoms with E-state index in [1.165, 1.54) is 4.68 Å². The molecule has 0 saturated heterocycles. The standard InChI is InChI=1S/C17H14N4O3/c22-15(23)11-14-16(19-18-12-7-3-1-4-8-12)17(24)21(20-14)13-9-5-2-6-10-13/h1-10,20H,11H2,(H,22,23). The number of carbonyl (C=O) groups is 1. The monoisotopic (exact) mass is 322 g/mol. The molecule has 0 aliphatic rings. The van der Waals surface area contributed by atoms with Gasteiger partial charge < -0.3 is 5.11 Å². The van der Waals surface area contributed by atoms with E-state index in [1.54, 1.807) is 48.5 Å². The molecular formula is C17H14N4O3. The average Bonchev–Trinajstić information content (AvgIpc) is 2.90. The van der Waals surface area contributed by atoms with Crippen molar-refractivity contribution in [2.45, 2.75) is 6.42 Å². The Morgan fingerprint density at radius 1 is 1.00 bits per heavy atom. The van der Waals surface area contributed by atoms with Gasteiger partial charge in [0.1, 0.15) is 0 Å². The first-order chi connectivity index (χ1) is 11.6. The molecular weight excluding hydrogens is 308 g/mol. The number of azo groups is 1. The molecule has 0 atom stereocenters. The first-order valence-electron chi connectivity index (χ1n) is 7.23. The van der Waals surface area contributed by atoms with Gasteiger partial charge in [0.25, 0.3) is 5.56 Å². The van der Waals surface area contributed by atoms with E-state index in [0.717, 1.165) is 0 Å². The number of nitrogens with zero attached hydrogens (tertiary/aromatic N) is 3. The summed E-state index contributed by atoms with van der Waals surface area (Å²) in [6, 6.07) is 17.8. The van der Waals surface area contributed by atoms with Crippen LogP contribution in [-0.4, -0.2) is 20.9 Å². The van der Waals surface area contributed by atoms with Gasteiger partial charge in [0.05, 0.1) is 23.5 Å². The number of rotatable bonds is 5. The molecule has 0 spiro atoms. The van der Waals surface area contributed by atoms with E-state index >= 15 is 0 Å². The Morgan fingerprint density at radius 2 is 1.62 bits per heavy atom. The van der Waals surface area contributed by atoms with Crippen LogP contribution in [0.2, 0.25) is 0 Å². The normalized spacial score (nSPS) is 11.0. The van der Waals surface area contributed by atoms with E-state index in [2.05, 4.69) is 15.3 Å². The largest absolute Gasteiger partial charge is 0.481 e. The molecule has 0 fully saturated rings. The minimum absolute atomic E-state index is 0.00916. The number of nitrogens with one attached hydrogen (secondary N) is 1. The second-order valence-corrected chi connectivity index (χ2v) is 5.02. The van der Waals surface area contributed by atoms with Crippen LogP contribution in [0.3, 0.4) is 0 Å². The van der Waals surface area contributed by atoms with Crippen LogP contribution in [-0.2, 0) is 11.2 Å². The van der Waals surface area contributed by atoms with Crippen LogP contribution in [0, 0.1) is 0 Å². The third-order valence-corrected chi connectivity index (χ3v) is 3.30. The Labute approximate surface area is 136 Å². The molecule has 0 aliphatic heterocycles. The lowest BCUT2D eigenvalue weighted by molar-refractivity contribution is -0.136. The summed E-state index contributed by atoms with van der Waals surface area (Å²) in [5.74, 6) is -1.06. The maximum Gasteiger partial charge on any atom is 0.309 e. The van der Waals surface area contributed by atoms with Gasteiger partial charge in [-0.1, -0.05) is 36.4 Å². The zero-order chi connectivity index (χ0) is 16.9. The summed E-state index contributed by atoms with van der Waals surface area (Å²) < 4.78 is 1.26. The molecule has 0 saturated carbocycles. The molecule has 3 aromatic rings. The topological polar surface area (TPSA) is 99.8 Å². The van der Waals surface area contributed by atoms with Gasteiger partial charge in [0, 0.05) is 0 Å². The van der Waals surface area contributed by atoms with Crippen LogP contribution >= 0.6 is 0 Å². The first-order valence-corrected chi connectivity index (χ1v) is 7.23. The summed E-state index contributed by atoms with van der Waals surface area (Å²) in [6.07, 6.45) is -0.349. The van der Waals surface area contributed by atoms with Crippen molar-refractivity contribution in [3.8, 4) is 5.69 Å². The van der Waals surface area contributed by atoms with Gasteiger partial charge in [-0.05, 0) is 24.3 Å². The number of para-hydroxylation sites is 1. The summed E-state index contributed by atoms with van der Waals surface area (Å²) in [7, 11) is 0. The van der Waals surface area contributed by atoms with Crippen LogP contribution in [0.1, 0.15) is 5.69 Å². The zero-order valence-corrected chi connectivity index (χ0v) is 12.6. The van der Waals surface area contributed by atoms with Gasteiger partial charge in [-0.15, -0.1) is 5.11 Å². The molecule has 7 nitrogen and oxygen atoms in total. The van der Waals surface area contributed by atoms with E-state index < -0.39 is 11.5 Å². The minimum Gasteiger partial charge on any atom is -0.481 e. The molecule has 24 heavy (non-hydrogen) atoms. The lowest BCUT2D eigenvalue weighted by Gasteiger charge is -1.99. The second kappa shape index (κ2) is 6.74. The van der Waals surface area contributed by atoms with E-state index in [4.69, 9.17) is 5.11 Å². The smallest absolute Gasteiger partial charge is 0.309 e. The molecule has 7 heteroatoms. The molecule has 0 bridgehead atoms. The number of H-pyrrole nitrogens is 1. The van der Waals surface area contributed by atoms with Crippen molar-refractivity contribution in [3.63, 3.8) is 0 Å². The number of carboxylic acid groups (broad SMARTS) is 1. The van der Waals surface area contributed by atoms with Crippen molar-refractivity contribution in [1.82, 2.24) is 9.78 Å². The molecule has 1 aromatic heterocycles. The van der Waals surface area contributed by atoms with Crippen LogP contribution in [0.15, 0.2) is 75.7 Å². The lowest BCUT2D eigenvalue weighted by atomic mass is 10.3. The van der Waals surface area contributed by atoms with Gasteiger partial charge in [0.2, 0.25) is 0 Å². The Morgan fingerprint density at radius 3 is 2.25 bits per heavy atom. The molecule has 0 aliphatic carbocycles. The Balaban J connectivity index is 2.06. The van der Waals surface area contributed by atoms with Crippen molar-refractivity contribution in [2.24, 2.45) is 10.2 Å². The second-order valence-electron chi connectivity index (χ2n) is 5.02. The van der Waals surface area contributed by atoms with Gasteiger partial charge in [-0.3, -0.25) is 14.7 Å². The average molecular weight is 322 g/mol. The Bertz CT molecular complexity index is 927. The molecule has 0 amide bonds. The number of aliphatic carboxylic acids is 1. The molecule has 0 radical (unpaired) electrons. The number of carboxylic acids is 1. The van der Waals surface area contributed by atoms with E-state index in [-0.39, 0.29) is 17.8 Å². The van der Waals surface area contributed by atoms with Crippen LogP contribution in [0.5, 0.6) is 0 Å². The highest BCUT2D eigenvalue weighted by Crippen LogP contribution is 2.19. The van der Waals surface area contributed by atoms with Gasteiger partial charge in [-0.2, -0.15) is 5.11 Å². The van der Waals surface area contributed by atoms with E-state index in [0.29, 0.717) is 11.4 Å². The quantitative estimate of drug-likeness (QED) is 0.705. The van der Waals surface area contributed by atoms with Crippen LogP contribution < -0.4 is 5.56 Å². The van der Waals surface area contributed by atoms with Crippen molar-refractivity contribution in [2.75, 3.05) is 0 Å². The summed E-state index contributed by atoms with van der Waals surface area (Å²) in [4.78, 5) is 23.6. The number of aromatic nitrogens is 2. The highest BCUT2D eigenvalue weighted by Gasteiger charge is 2.17. The fourth-order valence-electron chi connectivity index (χ4n) is 2.21. The maximum absolute atomic E-state index is 12.6. The summed E-state index contributed by atoms with van der Waals surface area (Å²) in [5.41, 5.74) is 0.916. The molecule has 120 valence electrons. The molecule has 2 aromatic carbocycles. The number of hydrogen-bond acceptors (Lipinski definition) is 4. The SMILES string of the molecule is O=C(O)Cc1[nH]n(-c2ccccc2)c(=O)c1N=Nc1ccccc1. The minimum atomic E-state index is -1.06. The summed E-state index contributed by atoms with van der Waals surface area (Å²) in [5, 5.41) is 19.8. The zero-order valence-electron chi connectivity index (χ0n) is 12.6. The predicted molar refractivity (Wildman–Crippen MR) is 88.3 cm³/mol. The fourth-order valence-corrected chi connectivity index (χ4v) is 2.21. The van der Waals surface area contributed by atoms with Gasteiger partial charge >= 0.3 is 5.97 Å². The third kappa shape index (κ3) is 3.30. The van der Waals surface area contributed by atoms with Crippen LogP contribution in [0.25, 0.3) is 5.69 Å². The third-order valence-electron chi connectivity index (χ3n) is 3.30. The molecule has 0 unspecified atom stereocenters. The van der Waals surface area contributed by atoms with Crippen molar-refractivity contribution >= 4 is 17.3 Å². The van der Waals surface area contributed by atoms with Crippen molar-refractivity contribution in [1.29, 1.82) is 0 Å². The summed E-state index contributed by atoms with van der Waals surface area (Å²) in [6.45, 7) is 0. The first kappa shape index (κ1) is 15.4. The lowest BCUT2D eigenvalue weighted by Crippen LogP contribution is -2.13. The van der Waals surface area contributed by atoms with Crippen LogP contribution in [0.4, 0.5) is 11.4 Å².